The molecule has 1 amide bonds. The van der Waals surface area contributed by atoms with Gasteiger partial charge in [0.05, 0.1) is 23.5 Å². The Morgan fingerprint density at radius 1 is 1.41 bits per heavy atom. The summed E-state index contributed by atoms with van der Waals surface area (Å²) in [4.78, 5) is 42.4. The van der Waals surface area contributed by atoms with Crippen LogP contribution in [0.25, 0.3) is 11.7 Å². The second-order valence-corrected chi connectivity index (χ2v) is 7.87. The average molecular weight is 434 g/mol. The summed E-state index contributed by atoms with van der Waals surface area (Å²) in [5.41, 5.74) is 1.03. The van der Waals surface area contributed by atoms with E-state index in [1.807, 2.05) is 13.0 Å². The zero-order valence-electron chi connectivity index (χ0n) is 15.4. The molecular formula is C18H18N4O5S2. The number of carboxylic acid groups (broad SMARTS) is 1. The predicted molar refractivity (Wildman–Crippen MR) is 114 cm³/mol. The van der Waals surface area contributed by atoms with Crippen LogP contribution in [-0.4, -0.2) is 60.4 Å². The van der Waals surface area contributed by atoms with Crippen LogP contribution in [0.2, 0.25) is 0 Å². The van der Waals surface area contributed by atoms with Gasteiger partial charge in [-0.05, 0) is 24.6 Å². The maximum Gasteiger partial charge on any atom is 0.305 e. The standard InChI is InChI=1S/C18H18N4O5S2/c1-10-3-2-6-21-15(10)20-14(19-5-8-23)11(16(21)26)9-12-17(27)22(18(28)29-12)7-4-13(24)25/h2-3,6,9,19,23H,4-5,7-8H2,1H3,(H,24,25)/b12-9-. The number of aliphatic carboxylic acids is 1. The third-order valence-corrected chi connectivity index (χ3v) is 5.56. The highest BCUT2D eigenvalue weighted by molar-refractivity contribution is 8.26. The summed E-state index contributed by atoms with van der Waals surface area (Å²) in [6.07, 6.45) is 2.76. The van der Waals surface area contributed by atoms with Crippen molar-refractivity contribution in [3.63, 3.8) is 0 Å². The van der Waals surface area contributed by atoms with Crippen LogP contribution >= 0.6 is 24.0 Å². The van der Waals surface area contributed by atoms with Crippen molar-refractivity contribution >= 4 is 57.7 Å². The maximum atomic E-state index is 13.1. The van der Waals surface area contributed by atoms with Crippen LogP contribution in [0.5, 0.6) is 0 Å². The Kier molecular flexibility index (Phi) is 6.30. The van der Waals surface area contributed by atoms with Crippen molar-refractivity contribution in [2.24, 2.45) is 0 Å². The number of hydrogen-bond donors (Lipinski definition) is 3. The normalized spacial score (nSPS) is 15.5. The average Bonchev–Trinajstić information content (AvgIpc) is 2.94. The molecule has 0 unspecified atom stereocenters. The van der Waals surface area contributed by atoms with Gasteiger partial charge in [0.15, 0.2) is 0 Å². The Labute approximate surface area is 175 Å². The van der Waals surface area contributed by atoms with Gasteiger partial charge in [-0.15, -0.1) is 0 Å². The molecule has 2 aromatic heterocycles. The van der Waals surface area contributed by atoms with E-state index < -0.39 is 11.9 Å². The van der Waals surface area contributed by atoms with Gasteiger partial charge in [0, 0.05) is 19.3 Å². The van der Waals surface area contributed by atoms with E-state index in [0.717, 1.165) is 17.3 Å². The summed E-state index contributed by atoms with van der Waals surface area (Å²) in [5, 5.41) is 20.9. The number of aliphatic hydroxyl groups is 1. The fourth-order valence-electron chi connectivity index (χ4n) is 2.78. The Morgan fingerprint density at radius 3 is 2.86 bits per heavy atom. The summed E-state index contributed by atoms with van der Waals surface area (Å²) in [5.74, 6) is -1.25. The van der Waals surface area contributed by atoms with Crippen LogP contribution in [0.3, 0.4) is 0 Å². The number of nitrogens with one attached hydrogen (secondary N) is 1. The zero-order chi connectivity index (χ0) is 21.1. The third kappa shape index (κ3) is 4.31. The van der Waals surface area contributed by atoms with Gasteiger partial charge < -0.3 is 15.5 Å². The van der Waals surface area contributed by atoms with Crippen LogP contribution in [0, 0.1) is 6.92 Å². The Balaban J connectivity index is 2.08. The first-order valence-electron chi connectivity index (χ1n) is 8.67. The number of carboxylic acids is 1. The van der Waals surface area contributed by atoms with Gasteiger partial charge in [0.25, 0.3) is 11.5 Å². The lowest BCUT2D eigenvalue weighted by Crippen LogP contribution is -2.30. The van der Waals surface area contributed by atoms with E-state index in [1.165, 1.54) is 15.4 Å². The molecule has 0 atom stereocenters. The Bertz CT molecular complexity index is 1100. The second kappa shape index (κ2) is 8.72. The number of aliphatic hydroxyl groups excluding tert-OH is 1. The fourth-order valence-corrected chi connectivity index (χ4v) is 4.07. The highest BCUT2D eigenvalue weighted by Gasteiger charge is 2.32. The number of fused-ring (bicyclic) bond motifs is 1. The van der Waals surface area contributed by atoms with Crippen molar-refractivity contribution in [2.75, 3.05) is 25.0 Å². The van der Waals surface area contributed by atoms with Crippen molar-refractivity contribution in [3.05, 3.63) is 44.7 Å². The van der Waals surface area contributed by atoms with Gasteiger partial charge in [-0.25, -0.2) is 4.98 Å². The first-order chi connectivity index (χ1) is 13.8. The van der Waals surface area contributed by atoms with Crippen LogP contribution in [0.4, 0.5) is 5.82 Å². The number of thiocarbonyl (C=S) groups is 1. The molecule has 1 fully saturated rings. The molecule has 0 spiro atoms. The molecule has 1 saturated heterocycles. The number of carbonyl (C=O) groups is 2. The number of carbonyl (C=O) groups excluding carboxylic acids is 1. The van der Waals surface area contributed by atoms with Crippen LogP contribution < -0.4 is 10.9 Å². The smallest absolute Gasteiger partial charge is 0.305 e. The molecule has 2 aromatic rings. The molecule has 0 aliphatic carbocycles. The zero-order valence-corrected chi connectivity index (χ0v) is 17.0. The molecule has 0 radical (unpaired) electrons. The lowest BCUT2D eigenvalue weighted by molar-refractivity contribution is -0.137. The number of amides is 1. The third-order valence-electron chi connectivity index (χ3n) is 4.19. The van der Waals surface area contributed by atoms with Crippen molar-refractivity contribution in [2.45, 2.75) is 13.3 Å². The maximum absolute atomic E-state index is 13.1. The molecule has 1 aliphatic heterocycles. The molecule has 3 heterocycles. The minimum Gasteiger partial charge on any atom is -0.481 e. The minimum absolute atomic E-state index is 0.0406. The molecule has 1 aliphatic rings. The van der Waals surface area contributed by atoms with Crippen LogP contribution in [-0.2, 0) is 9.59 Å². The van der Waals surface area contributed by atoms with E-state index in [9.17, 15) is 14.4 Å². The topological polar surface area (TPSA) is 124 Å². The van der Waals surface area contributed by atoms with Gasteiger partial charge in [-0.3, -0.25) is 23.7 Å². The van der Waals surface area contributed by atoms with Crippen molar-refractivity contribution in [1.82, 2.24) is 14.3 Å². The summed E-state index contributed by atoms with van der Waals surface area (Å²) >= 11 is 6.18. The largest absolute Gasteiger partial charge is 0.481 e. The van der Waals surface area contributed by atoms with Gasteiger partial charge >= 0.3 is 5.97 Å². The number of thioether (sulfide) groups is 1. The highest BCUT2D eigenvalue weighted by atomic mass is 32.2. The highest BCUT2D eigenvalue weighted by Crippen LogP contribution is 2.33. The monoisotopic (exact) mass is 434 g/mol. The van der Waals surface area contributed by atoms with Crippen molar-refractivity contribution in [3.8, 4) is 0 Å². The van der Waals surface area contributed by atoms with Gasteiger partial charge in [0.1, 0.15) is 15.8 Å². The number of pyridine rings is 1. The predicted octanol–water partition coefficient (Wildman–Crippen LogP) is 1.08. The quantitative estimate of drug-likeness (QED) is 0.434. The lowest BCUT2D eigenvalue weighted by atomic mass is 10.2. The van der Waals surface area contributed by atoms with Gasteiger partial charge in [-0.2, -0.15) is 0 Å². The Morgan fingerprint density at radius 2 is 2.17 bits per heavy atom. The van der Waals surface area contributed by atoms with E-state index in [-0.39, 0.29) is 52.3 Å². The molecule has 3 rings (SSSR count). The molecule has 11 heteroatoms. The molecule has 3 N–H and O–H groups in total. The lowest BCUT2D eigenvalue weighted by Gasteiger charge is -2.12. The fraction of sp³-hybridized carbons (Fsp3) is 0.278. The summed E-state index contributed by atoms with van der Waals surface area (Å²) < 4.78 is 1.62. The van der Waals surface area contributed by atoms with E-state index >= 15 is 0 Å². The van der Waals surface area contributed by atoms with Gasteiger partial charge in [0.2, 0.25) is 0 Å². The van der Waals surface area contributed by atoms with Crippen LogP contribution in [0.1, 0.15) is 17.5 Å². The summed E-state index contributed by atoms with van der Waals surface area (Å²) in [6, 6.07) is 3.55. The second-order valence-electron chi connectivity index (χ2n) is 6.19. The number of nitrogens with zero attached hydrogens (tertiary/aromatic N) is 3. The number of aryl methyl sites for hydroxylation is 1. The molecule has 0 aromatic carbocycles. The van der Waals surface area contributed by atoms with Gasteiger partial charge in [-0.1, -0.05) is 30.0 Å². The number of anilines is 1. The number of rotatable bonds is 7. The first kappa shape index (κ1) is 21.0. The van der Waals surface area contributed by atoms with E-state index in [0.29, 0.717) is 5.65 Å². The van der Waals surface area contributed by atoms with E-state index in [4.69, 9.17) is 22.4 Å². The van der Waals surface area contributed by atoms with E-state index in [2.05, 4.69) is 10.3 Å². The molecule has 0 saturated carbocycles. The molecular weight excluding hydrogens is 416 g/mol. The molecule has 9 nitrogen and oxygen atoms in total. The molecule has 152 valence electrons. The number of hydrogen-bond acceptors (Lipinski definition) is 8. The molecule has 29 heavy (non-hydrogen) atoms. The summed E-state index contributed by atoms with van der Waals surface area (Å²) in [6.45, 7) is 1.80. The SMILES string of the molecule is Cc1cccn2c(=O)c(/C=C3\SC(=S)N(CCC(=O)O)C3=O)c(NCCO)nc12. The van der Waals surface area contributed by atoms with Crippen LogP contribution in [0.15, 0.2) is 28.0 Å². The van der Waals surface area contributed by atoms with Crippen molar-refractivity contribution in [1.29, 1.82) is 0 Å². The Hall–Kier alpha value is -2.76. The van der Waals surface area contributed by atoms with Crippen molar-refractivity contribution < 1.29 is 19.8 Å². The summed E-state index contributed by atoms with van der Waals surface area (Å²) in [7, 11) is 0. The minimum atomic E-state index is -1.04. The first-order valence-corrected chi connectivity index (χ1v) is 9.90. The van der Waals surface area contributed by atoms with E-state index in [1.54, 1.807) is 12.3 Å². The number of aromatic nitrogens is 2. The molecule has 0 bridgehead atoms.